The maximum atomic E-state index is 11.5. The van der Waals surface area contributed by atoms with Crippen LogP contribution in [-0.2, 0) is 16.0 Å². The molecule has 0 saturated heterocycles. The number of methoxy groups -OCH3 is 1. The van der Waals surface area contributed by atoms with E-state index < -0.39 is 0 Å². The standard InChI is InChI=1S/C18H15ClN2O2/c1-23-18(22)11-12-10-17(13-6-2-4-8-15(13)20-12)21-16-9-5-3-7-14(16)19/h2-10H,11H2,1H3,(H,20,21). The lowest BCUT2D eigenvalue weighted by molar-refractivity contribution is -0.139. The normalized spacial score (nSPS) is 10.5. The number of hydrogen-bond donors (Lipinski definition) is 1. The molecular formula is C18H15ClN2O2. The quantitative estimate of drug-likeness (QED) is 0.724. The summed E-state index contributed by atoms with van der Waals surface area (Å²) in [5.41, 5.74) is 3.10. The number of esters is 1. The van der Waals surface area contributed by atoms with Crippen molar-refractivity contribution in [2.75, 3.05) is 12.4 Å². The monoisotopic (exact) mass is 326 g/mol. The van der Waals surface area contributed by atoms with Crippen LogP contribution in [0.1, 0.15) is 5.69 Å². The Morgan fingerprint density at radius 3 is 2.65 bits per heavy atom. The zero-order chi connectivity index (χ0) is 16.2. The molecule has 0 bridgehead atoms. The number of benzene rings is 2. The van der Waals surface area contributed by atoms with Gasteiger partial charge >= 0.3 is 5.97 Å². The first kappa shape index (κ1) is 15.3. The molecule has 23 heavy (non-hydrogen) atoms. The first-order chi connectivity index (χ1) is 11.2. The second-order valence-corrected chi connectivity index (χ2v) is 5.44. The molecule has 2 aromatic carbocycles. The summed E-state index contributed by atoms with van der Waals surface area (Å²) in [5.74, 6) is -0.323. The van der Waals surface area contributed by atoms with Crippen LogP contribution in [0.15, 0.2) is 54.6 Å². The molecule has 0 saturated carbocycles. The summed E-state index contributed by atoms with van der Waals surface area (Å²) in [6.07, 6.45) is 0.124. The lowest BCUT2D eigenvalue weighted by Gasteiger charge is -2.12. The Labute approximate surface area is 139 Å². The van der Waals surface area contributed by atoms with Gasteiger partial charge in [0, 0.05) is 11.1 Å². The minimum atomic E-state index is -0.323. The van der Waals surface area contributed by atoms with Gasteiger partial charge in [-0.3, -0.25) is 9.78 Å². The predicted molar refractivity (Wildman–Crippen MR) is 92.2 cm³/mol. The summed E-state index contributed by atoms with van der Waals surface area (Å²) in [6, 6.07) is 17.1. The van der Waals surface area contributed by atoms with Crippen molar-refractivity contribution in [3.63, 3.8) is 0 Å². The number of pyridine rings is 1. The second kappa shape index (κ2) is 6.67. The van der Waals surface area contributed by atoms with Crippen LogP contribution in [0.5, 0.6) is 0 Å². The van der Waals surface area contributed by atoms with Crippen molar-refractivity contribution in [2.45, 2.75) is 6.42 Å². The van der Waals surface area contributed by atoms with Crippen molar-refractivity contribution in [3.05, 3.63) is 65.3 Å². The molecule has 1 heterocycles. The average Bonchev–Trinajstić information content (AvgIpc) is 2.57. The van der Waals surface area contributed by atoms with Gasteiger partial charge in [0.1, 0.15) is 0 Å². The average molecular weight is 327 g/mol. The predicted octanol–water partition coefficient (Wildman–Crippen LogP) is 4.35. The number of nitrogens with one attached hydrogen (secondary N) is 1. The number of aromatic nitrogens is 1. The van der Waals surface area contributed by atoms with E-state index in [0.717, 1.165) is 22.3 Å². The molecule has 0 aliphatic rings. The van der Waals surface area contributed by atoms with Crippen molar-refractivity contribution in [1.29, 1.82) is 0 Å². The van der Waals surface area contributed by atoms with E-state index in [1.807, 2.05) is 54.6 Å². The number of para-hydroxylation sites is 2. The fourth-order valence-corrected chi connectivity index (χ4v) is 2.53. The van der Waals surface area contributed by atoms with E-state index in [0.29, 0.717) is 10.7 Å². The zero-order valence-corrected chi connectivity index (χ0v) is 13.3. The number of halogens is 1. The van der Waals surface area contributed by atoms with Gasteiger partial charge in [-0.25, -0.2) is 0 Å². The number of anilines is 2. The molecule has 0 spiro atoms. The van der Waals surface area contributed by atoms with Crippen LogP contribution in [0.25, 0.3) is 10.9 Å². The maximum absolute atomic E-state index is 11.5. The molecule has 0 atom stereocenters. The molecule has 0 unspecified atom stereocenters. The van der Waals surface area contributed by atoms with E-state index in [1.54, 1.807) is 0 Å². The zero-order valence-electron chi connectivity index (χ0n) is 12.5. The maximum Gasteiger partial charge on any atom is 0.311 e. The summed E-state index contributed by atoms with van der Waals surface area (Å²) >= 11 is 6.22. The molecule has 1 aromatic heterocycles. The second-order valence-electron chi connectivity index (χ2n) is 5.04. The summed E-state index contributed by atoms with van der Waals surface area (Å²) < 4.78 is 4.72. The molecule has 1 N–H and O–H groups in total. The smallest absolute Gasteiger partial charge is 0.311 e. The van der Waals surface area contributed by atoms with E-state index in [4.69, 9.17) is 16.3 Å². The SMILES string of the molecule is COC(=O)Cc1cc(Nc2ccccc2Cl)c2ccccc2n1. The molecule has 0 aliphatic carbocycles. The number of carbonyl (C=O) groups excluding carboxylic acids is 1. The Hall–Kier alpha value is -2.59. The van der Waals surface area contributed by atoms with Gasteiger partial charge in [-0.1, -0.05) is 41.9 Å². The number of hydrogen-bond acceptors (Lipinski definition) is 4. The molecule has 3 aromatic rings. The van der Waals surface area contributed by atoms with Crippen molar-refractivity contribution < 1.29 is 9.53 Å². The molecule has 0 amide bonds. The van der Waals surface area contributed by atoms with Gasteiger partial charge < -0.3 is 10.1 Å². The molecule has 5 heteroatoms. The molecule has 4 nitrogen and oxygen atoms in total. The third kappa shape index (κ3) is 3.43. The number of rotatable bonds is 4. The highest BCUT2D eigenvalue weighted by Crippen LogP contribution is 2.30. The Morgan fingerprint density at radius 2 is 1.87 bits per heavy atom. The van der Waals surface area contributed by atoms with Crippen LogP contribution < -0.4 is 5.32 Å². The lowest BCUT2D eigenvalue weighted by atomic mass is 10.1. The van der Waals surface area contributed by atoms with E-state index in [-0.39, 0.29) is 12.4 Å². The first-order valence-corrected chi connectivity index (χ1v) is 7.52. The number of ether oxygens (including phenoxy) is 1. The van der Waals surface area contributed by atoms with Crippen molar-refractivity contribution in [1.82, 2.24) is 4.98 Å². The highest BCUT2D eigenvalue weighted by atomic mass is 35.5. The van der Waals surface area contributed by atoms with E-state index in [9.17, 15) is 4.79 Å². The number of fused-ring (bicyclic) bond motifs is 1. The molecule has 3 rings (SSSR count). The number of nitrogens with zero attached hydrogens (tertiary/aromatic N) is 1. The molecule has 0 radical (unpaired) electrons. The third-order valence-electron chi connectivity index (χ3n) is 3.47. The van der Waals surface area contributed by atoms with Crippen molar-refractivity contribution >= 4 is 39.8 Å². The van der Waals surface area contributed by atoms with Crippen LogP contribution in [0.4, 0.5) is 11.4 Å². The highest BCUT2D eigenvalue weighted by Gasteiger charge is 2.10. The van der Waals surface area contributed by atoms with Gasteiger partial charge in [-0.05, 0) is 24.3 Å². The Morgan fingerprint density at radius 1 is 1.13 bits per heavy atom. The van der Waals surface area contributed by atoms with Gasteiger partial charge in [0.25, 0.3) is 0 Å². The van der Waals surface area contributed by atoms with Crippen LogP contribution in [0.2, 0.25) is 5.02 Å². The van der Waals surface area contributed by atoms with Crippen molar-refractivity contribution in [2.24, 2.45) is 0 Å². The van der Waals surface area contributed by atoms with Crippen LogP contribution >= 0.6 is 11.6 Å². The van der Waals surface area contributed by atoms with Gasteiger partial charge in [0.05, 0.1) is 35.5 Å². The summed E-state index contributed by atoms with van der Waals surface area (Å²) in [4.78, 5) is 16.1. The Kier molecular flexibility index (Phi) is 4.44. The molecular weight excluding hydrogens is 312 g/mol. The lowest BCUT2D eigenvalue weighted by Crippen LogP contribution is -2.07. The molecule has 116 valence electrons. The summed E-state index contributed by atoms with van der Waals surface area (Å²) in [6.45, 7) is 0. The summed E-state index contributed by atoms with van der Waals surface area (Å²) in [7, 11) is 1.37. The van der Waals surface area contributed by atoms with Crippen molar-refractivity contribution in [3.8, 4) is 0 Å². The topological polar surface area (TPSA) is 51.2 Å². The molecule has 0 aliphatic heterocycles. The van der Waals surface area contributed by atoms with E-state index in [2.05, 4.69) is 10.3 Å². The minimum absolute atomic E-state index is 0.124. The van der Waals surface area contributed by atoms with Crippen LogP contribution in [0.3, 0.4) is 0 Å². The van der Waals surface area contributed by atoms with Crippen LogP contribution in [0, 0.1) is 0 Å². The Balaban J connectivity index is 2.06. The Bertz CT molecular complexity index is 865. The van der Waals surface area contributed by atoms with Gasteiger partial charge in [-0.15, -0.1) is 0 Å². The number of carbonyl (C=O) groups is 1. The van der Waals surface area contributed by atoms with Gasteiger partial charge in [0.15, 0.2) is 0 Å². The third-order valence-corrected chi connectivity index (χ3v) is 3.80. The minimum Gasteiger partial charge on any atom is -0.469 e. The van der Waals surface area contributed by atoms with Crippen LogP contribution in [-0.4, -0.2) is 18.1 Å². The highest BCUT2D eigenvalue weighted by molar-refractivity contribution is 6.33. The molecule has 0 fully saturated rings. The van der Waals surface area contributed by atoms with E-state index >= 15 is 0 Å². The summed E-state index contributed by atoms with van der Waals surface area (Å²) in [5, 5.41) is 4.91. The van der Waals surface area contributed by atoms with E-state index in [1.165, 1.54) is 7.11 Å². The first-order valence-electron chi connectivity index (χ1n) is 7.14. The fourth-order valence-electron chi connectivity index (χ4n) is 2.35. The fraction of sp³-hybridized carbons (Fsp3) is 0.111. The van der Waals surface area contributed by atoms with Gasteiger partial charge in [-0.2, -0.15) is 0 Å². The van der Waals surface area contributed by atoms with Gasteiger partial charge in [0.2, 0.25) is 0 Å². The largest absolute Gasteiger partial charge is 0.469 e.